The van der Waals surface area contributed by atoms with Crippen molar-refractivity contribution in [1.29, 1.82) is 0 Å². The van der Waals surface area contributed by atoms with Gasteiger partial charge in [-0.2, -0.15) is 16.9 Å². The van der Waals surface area contributed by atoms with Gasteiger partial charge < -0.3 is 5.11 Å². The molecule has 1 heterocycles. The Bertz CT molecular complexity index is 262. The molecule has 0 amide bonds. The fourth-order valence-electron chi connectivity index (χ4n) is 1.13. The van der Waals surface area contributed by atoms with Crippen molar-refractivity contribution in [2.75, 3.05) is 18.1 Å². The number of nitrogens with zero attached hydrogens (tertiary/aromatic N) is 2. The predicted molar refractivity (Wildman–Crippen MR) is 60.5 cm³/mol. The molecule has 0 spiro atoms. The Morgan fingerprint density at radius 3 is 3.00 bits per heavy atom. The van der Waals surface area contributed by atoms with Crippen LogP contribution in [0.15, 0.2) is 12.4 Å². The van der Waals surface area contributed by atoms with Gasteiger partial charge in [-0.05, 0) is 29.4 Å². The number of hydrogen-bond acceptors (Lipinski definition) is 3. The SMILES string of the molecule is CC(CO)CSCCc1cnn(C)c1. The molecule has 1 unspecified atom stereocenters. The monoisotopic (exact) mass is 214 g/mol. The maximum Gasteiger partial charge on any atom is 0.0521 e. The van der Waals surface area contributed by atoms with Crippen LogP contribution in [0.4, 0.5) is 0 Å². The van der Waals surface area contributed by atoms with Gasteiger partial charge in [0.15, 0.2) is 0 Å². The second-order valence-electron chi connectivity index (χ2n) is 3.63. The number of aryl methyl sites for hydroxylation is 2. The Balaban J connectivity index is 2.10. The Morgan fingerprint density at radius 2 is 2.43 bits per heavy atom. The van der Waals surface area contributed by atoms with E-state index in [2.05, 4.69) is 18.2 Å². The molecule has 3 nitrogen and oxygen atoms in total. The van der Waals surface area contributed by atoms with E-state index >= 15 is 0 Å². The minimum Gasteiger partial charge on any atom is -0.396 e. The summed E-state index contributed by atoms with van der Waals surface area (Å²) in [5, 5.41) is 12.9. The fraction of sp³-hybridized carbons (Fsp3) is 0.700. The average Bonchev–Trinajstić information content (AvgIpc) is 2.58. The Morgan fingerprint density at radius 1 is 1.64 bits per heavy atom. The molecule has 1 N–H and O–H groups in total. The molecule has 1 rings (SSSR count). The van der Waals surface area contributed by atoms with Crippen LogP contribution < -0.4 is 0 Å². The van der Waals surface area contributed by atoms with E-state index in [1.807, 2.05) is 29.7 Å². The lowest BCUT2D eigenvalue weighted by Gasteiger charge is -2.05. The maximum absolute atomic E-state index is 8.83. The molecule has 0 saturated carbocycles. The second-order valence-corrected chi connectivity index (χ2v) is 4.78. The van der Waals surface area contributed by atoms with Crippen LogP contribution in [0.5, 0.6) is 0 Å². The molecular weight excluding hydrogens is 196 g/mol. The summed E-state index contributed by atoms with van der Waals surface area (Å²) < 4.78 is 1.83. The third kappa shape index (κ3) is 4.15. The molecule has 0 aliphatic carbocycles. The zero-order chi connectivity index (χ0) is 10.4. The molecule has 0 radical (unpaired) electrons. The lowest BCUT2D eigenvalue weighted by Crippen LogP contribution is -2.04. The smallest absolute Gasteiger partial charge is 0.0521 e. The molecule has 0 aromatic carbocycles. The Labute approximate surface area is 89.5 Å². The number of thioether (sulfide) groups is 1. The lowest BCUT2D eigenvalue weighted by molar-refractivity contribution is 0.250. The van der Waals surface area contributed by atoms with Gasteiger partial charge in [0.25, 0.3) is 0 Å². The van der Waals surface area contributed by atoms with Gasteiger partial charge in [0.2, 0.25) is 0 Å². The topological polar surface area (TPSA) is 38.1 Å². The molecule has 0 aliphatic heterocycles. The zero-order valence-corrected chi connectivity index (χ0v) is 9.63. The van der Waals surface area contributed by atoms with Crippen LogP contribution in [0.25, 0.3) is 0 Å². The molecule has 14 heavy (non-hydrogen) atoms. The third-order valence-corrected chi connectivity index (χ3v) is 3.31. The van der Waals surface area contributed by atoms with Gasteiger partial charge in [-0.3, -0.25) is 4.68 Å². The van der Waals surface area contributed by atoms with Gasteiger partial charge in [0.05, 0.1) is 6.20 Å². The van der Waals surface area contributed by atoms with Crippen molar-refractivity contribution >= 4 is 11.8 Å². The number of rotatable bonds is 6. The molecule has 80 valence electrons. The molecule has 1 aromatic heterocycles. The number of aliphatic hydroxyl groups is 1. The van der Waals surface area contributed by atoms with Gasteiger partial charge >= 0.3 is 0 Å². The van der Waals surface area contributed by atoms with Gasteiger partial charge in [0.1, 0.15) is 0 Å². The number of aromatic nitrogens is 2. The second kappa shape index (κ2) is 6.09. The number of hydrogen-bond donors (Lipinski definition) is 1. The van der Waals surface area contributed by atoms with Crippen LogP contribution in [0.2, 0.25) is 0 Å². The summed E-state index contributed by atoms with van der Waals surface area (Å²) in [7, 11) is 1.93. The first-order chi connectivity index (χ1) is 6.72. The van der Waals surface area contributed by atoms with Crippen LogP contribution in [0.3, 0.4) is 0 Å². The highest BCUT2D eigenvalue weighted by Crippen LogP contribution is 2.10. The molecule has 0 saturated heterocycles. The van der Waals surface area contributed by atoms with Gasteiger partial charge in [-0.25, -0.2) is 0 Å². The van der Waals surface area contributed by atoms with Crippen LogP contribution in [-0.2, 0) is 13.5 Å². The van der Waals surface area contributed by atoms with Crippen molar-refractivity contribution in [2.45, 2.75) is 13.3 Å². The minimum absolute atomic E-state index is 0.292. The van der Waals surface area contributed by atoms with Gasteiger partial charge in [-0.1, -0.05) is 6.92 Å². The van der Waals surface area contributed by atoms with E-state index in [0.29, 0.717) is 12.5 Å². The maximum atomic E-state index is 8.83. The first-order valence-electron chi connectivity index (χ1n) is 4.88. The first-order valence-corrected chi connectivity index (χ1v) is 6.04. The summed E-state index contributed by atoms with van der Waals surface area (Å²) in [4.78, 5) is 0. The minimum atomic E-state index is 0.292. The van der Waals surface area contributed by atoms with Crippen molar-refractivity contribution in [1.82, 2.24) is 9.78 Å². The molecule has 1 atom stereocenters. The zero-order valence-electron chi connectivity index (χ0n) is 8.81. The third-order valence-electron chi connectivity index (χ3n) is 2.01. The van der Waals surface area contributed by atoms with Crippen LogP contribution in [-0.4, -0.2) is 33.0 Å². The van der Waals surface area contributed by atoms with Crippen molar-refractivity contribution in [3.8, 4) is 0 Å². The summed E-state index contributed by atoms with van der Waals surface area (Å²) in [6.07, 6.45) is 5.03. The summed E-state index contributed by atoms with van der Waals surface area (Å²) in [5.41, 5.74) is 1.29. The first kappa shape index (κ1) is 11.6. The van der Waals surface area contributed by atoms with Crippen molar-refractivity contribution in [3.05, 3.63) is 18.0 Å². The molecule has 1 aromatic rings. The largest absolute Gasteiger partial charge is 0.396 e. The van der Waals surface area contributed by atoms with E-state index in [-0.39, 0.29) is 0 Å². The van der Waals surface area contributed by atoms with Crippen molar-refractivity contribution in [2.24, 2.45) is 13.0 Å². The van der Waals surface area contributed by atoms with Gasteiger partial charge in [-0.15, -0.1) is 0 Å². The van der Waals surface area contributed by atoms with Crippen LogP contribution in [0, 0.1) is 5.92 Å². The van der Waals surface area contributed by atoms with Gasteiger partial charge in [0, 0.05) is 19.9 Å². The number of aliphatic hydroxyl groups excluding tert-OH is 1. The highest BCUT2D eigenvalue weighted by atomic mass is 32.2. The standard InChI is InChI=1S/C10H18N2OS/c1-9(7-13)8-14-4-3-10-5-11-12(2)6-10/h5-6,9,13H,3-4,7-8H2,1-2H3. The quantitative estimate of drug-likeness (QED) is 0.726. The van der Waals surface area contributed by atoms with Crippen LogP contribution in [0.1, 0.15) is 12.5 Å². The highest BCUT2D eigenvalue weighted by molar-refractivity contribution is 7.99. The van der Waals surface area contributed by atoms with Crippen LogP contribution >= 0.6 is 11.8 Å². The molecule has 0 aliphatic rings. The summed E-state index contributed by atoms with van der Waals surface area (Å²) >= 11 is 1.89. The predicted octanol–water partition coefficient (Wildman–Crippen LogP) is 1.32. The van der Waals surface area contributed by atoms with E-state index in [9.17, 15) is 0 Å². The van der Waals surface area contributed by atoms with Crippen molar-refractivity contribution in [3.63, 3.8) is 0 Å². The lowest BCUT2D eigenvalue weighted by atomic mass is 10.2. The van der Waals surface area contributed by atoms with E-state index in [0.717, 1.165) is 17.9 Å². The molecule has 0 bridgehead atoms. The van der Waals surface area contributed by atoms with E-state index in [1.54, 1.807) is 0 Å². The van der Waals surface area contributed by atoms with E-state index in [1.165, 1.54) is 5.56 Å². The Hall–Kier alpha value is -0.480. The molecular formula is C10H18N2OS. The van der Waals surface area contributed by atoms with Crippen molar-refractivity contribution < 1.29 is 5.11 Å². The average molecular weight is 214 g/mol. The summed E-state index contributed by atoms with van der Waals surface area (Å²) in [6, 6.07) is 0. The van der Waals surface area contributed by atoms with E-state index < -0.39 is 0 Å². The van der Waals surface area contributed by atoms with E-state index in [4.69, 9.17) is 5.11 Å². The normalized spacial score (nSPS) is 13.1. The highest BCUT2D eigenvalue weighted by Gasteiger charge is 2.00. The molecule has 4 heteroatoms. The summed E-state index contributed by atoms with van der Waals surface area (Å²) in [5.74, 6) is 2.56. The summed E-state index contributed by atoms with van der Waals surface area (Å²) in [6.45, 7) is 2.36. The molecule has 0 fully saturated rings. The fourth-order valence-corrected chi connectivity index (χ4v) is 2.18. The Kier molecular flexibility index (Phi) is 5.04.